The van der Waals surface area contributed by atoms with Crippen LogP contribution in [-0.2, 0) is 0 Å². The zero-order valence-electron chi connectivity index (χ0n) is 8.91. The van der Waals surface area contributed by atoms with E-state index in [1.165, 1.54) is 12.5 Å². The fraction of sp³-hybridized carbons (Fsp3) is 0.455. The lowest BCUT2D eigenvalue weighted by molar-refractivity contribution is 0.0915. The summed E-state index contributed by atoms with van der Waals surface area (Å²) in [6.45, 7) is 3.75. The lowest BCUT2D eigenvalue weighted by Gasteiger charge is -2.24. The zero-order valence-corrected chi connectivity index (χ0v) is 8.91. The van der Waals surface area contributed by atoms with E-state index >= 15 is 0 Å². The maximum absolute atomic E-state index is 11.7. The van der Waals surface area contributed by atoms with Crippen molar-refractivity contribution in [3.63, 3.8) is 0 Å². The topological polar surface area (TPSA) is 66.0 Å². The van der Waals surface area contributed by atoms with E-state index in [0.29, 0.717) is 18.4 Å². The van der Waals surface area contributed by atoms with Crippen LogP contribution in [0.3, 0.4) is 0 Å². The first-order chi connectivity index (χ1) is 7.17. The van der Waals surface area contributed by atoms with Crippen LogP contribution in [0, 0.1) is 11.3 Å². The number of hydrogen-bond donors (Lipinski definition) is 1. The minimum Gasteiger partial charge on any atom is -0.472 e. The number of amides is 1. The molecule has 0 saturated heterocycles. The van der Waals surface area contributed by atoms with Gasteiger partial charge in [0.25, 0.3) is 5.91 Å². The van der Waals surface area contributed by atoms with Gasteiger partial charge in [0.05, 0.1) is 17.9 Å². The molecule has 80 valence electrons. The Morgan fingerprint density at radius 1 is 1.60 bits per heavy atom. The lowest BCUT2D eigenvalue weighted by atomic mass is 9.94. The van der Waals surface area contributed by atoms with Crippen LogP contribution in [-0.4, -0.2) is 11.4 Å². The average Bonchev–Trinajstić information content (AvgIpc) is 2.79. The molecule has 0 unspecified atom stereocenters. The van der Waals surface area contributed by atoms with Gasteiger partial charge >= 0.3 is 0 Å². The molecule has 0 atom stereocenters. The van der Waals surface area contributed by atoms with Crippen molar-refractivity contribution in [1.29, 1.82) is 5.26 Å². The molecule has 0 spiro atoms. The fourth-order valence-electron chi connectivity index (χ4n) is 1.30. The Morgan fingerprint density at radius 2 is 2.27 bits per heavy atom. The van der Waals surface area contributed by atoms with Gasteiger partial charge in [-0.25, -0.2) is 0 Å². The molecule has 0 aliphatic rings. The van der Waals surface area contributed by atoms with E-state index in [0.717, 1.165) is 0 Å². The van der Waals surface area contributed by atoms with Crippen LogP contribution in [0.15, 0.2) is 23.0 Å². The molecule has 0 aliphatic heterocycles. The summed E-state index contributed by atoms with van der Waals surface area (Å²) in [7, 11) is 0. The SMILES string of the molecule is CCC(C#N)(CC)NC(=O)c1ccoc1. The standard InChI is InChI=1S/C11H14N2O2/c1-3-11(4-2,8-12)13-10(14)9-5-6-15-7-9/h5-7H,3-4H2,1-2H3,(H,13,14). The van der Waals surface area contributed by atoms with Gasteiger partial charge in [0, 0.05) is 0 Å². The molecule has 0 aromatic carbocycles. The van der Waals surface area contributed by atoms with Gasteiger partial charge in [-0.3, -0.25) is 4.79 Å². The fourth-order valence-corrected chi connectivity index (χ4v) is 1.30. The molecule has 15 heavy (non-hydrogen) atoms. The molecular weight excluding hydrogens is 192 g/mol. The molecule has 1 rings (SSSR count). The van der Waals surface area contributed by atoms with Crippen molar-refractivity contribution >= 4 is 5.91 Å². The van der Waals surface area contributed by atoms with Crippen LogP contribution in [0.4, 0.5) is 0 Å². The Hall–Kier alpha value is -1.76. The quantitative estimate of drug-likeness (QED) is 0.820. The van der Waals surface area contributed by atoms with Crippen LogP contribution >= 0.6 is 0 Å². The summed E-state index contributed by atoms with van der Waals surface area (Å²) in [5, 5.41) is 11.8. The molecule has 1 N–H and O–H groups in total. The number of carbonyl (C=O) groups excluding carboxylic acids is 1. The van der Waals surface area contributed by atoms with Crippen LogP contribution < -0.4 is 5.32 Å². The van der Waals surface area contributed by atoms with Crippen molar-refractivity contribution in [1.82, 2.24) is 5.32 Å². The van der Waals surface area contributed by atoms with E-state index in [4.69, 9.17) is 9.68 Å². The first-order valence-corrected chi connectivity index (χ1v) is 4.93. The van der Waals surface area contributed by atoms with Gasteiger partial charge in [-0.05, 0) is 18.9 Å². The highest BCUT2D eigenvalue weighted by Crippen LogP contribution is 2.14. The molecule has 0 aliphatic carbocycles. The van der Waals surface area contributed by atoms with Crippen LogP contribution in [0.2, 0.25) is 0 Å². The Bertz CT molecular complexity index is 358. The van der Waals surface area contributed by atoms with Gasteiger partial charge in [-0.15, -0.1) is 0 Å². The van der Waals surface area contributed by atoms with Crippen molar-refractivity contribution in [2.45, 2.75) is 32.2 Å². The Labute approximate surface area is 88.9 Å². The van der Waals surface area contributed by atoms with Crippen LogP contribution in [0.25, 0.3) is 0 Å². The predicted octanol–water partition coefficient (Wildman–Crippen LogP) is 2.09. The van der Waals surface area contributed by atoms with Crippen molar-refractivity contribution in [3.8, 4) is 6.07 Å². The summed E-state index contributed by atoms with van der Waals surface area (Å²) in [5.41, 5.74) is -0.328. The van der Waals surface area contributed by atoms with Crippen LogP contribution in [0.1, 0.15) is 37.0 Å². The molecule has 0 saturated carbocycles. The van der Waals surface area contributed by atoms with E-state index in [1.54, 1.807) is 6.07 Å². The number of nitrogens with one attached hydrogen (secondary N) is 1. The van der Waals surface area contributed by atoms with Crippen molar-refractivity contribution < 1.29 is 9.21 Å². The molecule has 0 fully saturated rings. The monoisotopic (exact) mass is 206 g/mol. The molecule has 4 heteroatoms. The molecular formula is C11H14N2O2. The van der Waals surface area contributed by atoms with Crippen molar-refractivity contribution in [2.75, 3.05) is 0 Å². The number of nitriles is 1. The maximum Gasteiger partial charge on any atom is 0.255 e. The Balaban J connectivity index is 2.77. The average molecular weight is 206 g/mol. The number of hydrogen-bond acceptors (Lipinski definition) is 3. The minimum absolute atomic E-state index is 0.269. The molecule has 4 nitrogen and oxygen atoms in total. The van der Waals surface area contributed by atoms with E-state index in [1.807, 2.05) is 13.8 Å². The van der Waals surface area contributed by atoms with Gasteiger partial charge in [-0.1, -0.05) is 13.8 Å². The second-order valence-corrected chi connectivity index (χ2v) is 3.37. The second-order valence-electron chi connectivity index (χ2n) is 3.37. The highest BCUT2D eigenvalue weighted by atomic mass is 16.3. The molecule has 1 amide bonds. The van der Waals surface area contributed by atoms with Gasteiger partial charge < -0.3 is 9.73 Å². The predicted molar refractivity (Wildman–Crippen MR) is 55.1 cm³/mol. The van der Waals surface area contributed by atoms with E-state index in [-0.39, 0.29) is 5.91 Å². The first-order valence-electron chi connectivity index (χ1n) is 4.93. The summed E-state index contributed by atoms with van der Waals surface area (Å²) in [4.78, 5) is 11.7. The summed E-state index contributed by atoms with van der Waals surface area (Å²) >= 11 is 0. The van der Waals surface area contributed by atoms with Gasteiger partial charge in [0.1, 0.15) is 11.8 Å². The maximum atomic E-state index is 11.7. The second kappa shape index (κ2) is 4.65. The summed E-state index contributed by atoms with van der Waals surface area (Å²) < 4.78 is 4.81. The summed E-state index contributed by atoms with van der Waals surface area (Å²) in [6, 6.07) is 3.72. The Morgan fingerprint density at radius 3 is 2.67 bits per heavy atom. The minimum atomic E-state index is -0.769. The normalized spacial score (nSPS) is 10.7. The number of nitrogens with zero attached hydrogens (tertiary/aromatic N) is 1. The van der Waals surface area contributed by atoms with E-state index in [9.17, 15) is 4.79 Å². The number of rotatable bonds is 4. The third-order valence-electron chi connectivity index (χ3n) is 2.56. The number of furan rings is 1. The van der Waals surface area contributed by atoms with E-state index in [2.05, 4.69) is 11.4 Å². The number of carbonyl (C=O) groups is 1. The molecule has 0 radical (unpaired) electrons. The summed E-state index contributed by atoms with van der Waals surface area (Å²) in [5.74, 6) is -0.269. The third kappa shape index (κ3) is 2.38. The van der Waals surface area contributed by atoms with Gasteiger partial charge in [0.15, 0.2) is 0 Å². The Kier molecular flexibility index (Phi) is 3.51. The molecule has 1 heterocycles. The highest BCUT2D eigenvalue weighted by Gasteiger charge is 2.28. The largest absolute Gasteiger partial charge is 0.472 e. The summed E-state index contributed by atoms with van der Waals surface area (Å²) in [6.07, 6.45) is 3.97. The zero-order chi connectivity index (χ0) is 11.3. The van der Waals surface area contributed by atoms with Gasteiger partial charge in [-0.2, -0.15) is 5.26 Å². The smallest absolute Gasteiger partial charge is 0.255 e. The van der Waals surface area contributed by atoms with Crippen LogP contribution in [0.5, 0.6) is 0 Å². The van der Waals surface area contributed by atoms with E-state index < -0.39 is 5.54 Å². The third-order valence-corrected chi connectivity index (χ3v) is 2.56. The molecule has 1 aromatic heterocycles. The lowest BCUT2D eigenvalue weighted by Crippen LogP contribution is -2.46. The van der Waals surface area contributed by atoms with Crippen molar-refractivity contribution in [2.24, 2.45) is 0 Å². The molecule has 1 aromatic rings. The van der Waals surface area contributed by atoms with Crippen molar-refractivity contribution in [3.05, 3.63) is 24.2 Å². The molecule has 0 bridgehead atoms. The highest BCUT2D eigenvalue weighted by molar-refractivity contribution is 5.94. The van der Waals surface area contributed by atoms with Gasteiger partial charge in [0.2, 0.25) is 0 Å². The first kappa shape index (κ1) is 11.3.